The minimum Gasteiger partial charge on any atom is -0.307 e. The molecule has 1 saturated carbocycles. The molecule has 4 nitrogen and oxygen atoms in total. The molecule has 1 aliphatic carbocycles. The molecule has 0 aromatic carbocycles. The van der Waals surface area contributed by atoms with Crippen LogP contribution in [0.25, 0.3) is 0 Å². The standard InChI is InChI=1S/C14H26N4/c1-4-9-18-13(16-11-17-18)10-15-12-5-7-14(2,3)8-6-12/h11-12,15H,4-10H2,1-3H3. The second kappa shape index (κ2) is 5.83. The lowest BCUT2D eigenvalue weighted by atomic mass is 9.75. The van der Waals surface area contributed by atoms with Crippen molar-refractivity contribution in [1.29, 1.82) is 0 Å². The minimum atomic E-state index is 0.542. The van der Waals surface area contributed by atoms with E-state index < -0.39 is 0 Å². The maximum atomic E-state index is 4.34. The van der Waals surface area contributed by atoms with Crippen LogP contribution in [0.4, 0.5) is 0 Å². The second-order valence-corrected chi connectivity index (χ2v) is 6.22. The molecular formula is C14H26N4. The molecule has 0 radical (unpaired) electrons. The Kier molecular flexibility index (Phi) is 4.38. The number of nitrogens with one attached hydrogen (secondary N) is 1. The summed E-state index contributed by atoms with van der Waals surface area (Å²) in [6.45, 7) is 8.74. The molecule has 1 aliphatic rings. The zero-order valence-electron chi connectivity index (χ0n) is 11.9. The molecule has 1 aromatic rings. The van der Waals surface area contributed by atoms with E-state index in [1.807, 2.05) is 4.68 Å². The van der Waals surface area contributed by atoms with E-state index in [0.717, 1.165) is 25.3 Å². The number of hydrogen-bond acceptors (Lipinski definition) is 3. The largest absolute Gasteiger partial charge is 0.307 e. The molecule has 0 atom stereocenters. The molecule has 1 fully saturated rings. The van der Waals surface area contributed by atoms with Crippen LogP contribution in [0.15, 0.2) is 6.33 Å². The zero-order chi connectivity index (χ0) is 13.0. The molecule has 0 bridgehead atoms. The third-order valence-electron chi connectivity index (χ3n) is 4.02. The Hall–Kier alpha value is -0.900. The first-order valence-corrected chi connectivity index (χ1v) is 7.21. The van der Waals surface area contributed by atoms with E-state index in [4.69, 9.17) is 0 Å². The van der Waals surface area contributed by atoms with Gasteiger partial charge in [-0.3, -0.25) is 0 Å². The molecule has 0 saturated heterocycles. The van der Waals surface area contributed by atoms with Gasteiger partial charge in [-0.05, 0) is 37.5 Å². The van der Waals surface area contributed by atoms with Gasteiger partial charge >= 0.3 is 0 Å². The Morgan fingerprint density at radius 1 is 1.39 bits per heavy atom. The minimum absolute atomic E-state index is 0.542. The van der Waals surface area contributed by atoms with Gasteiger partial charge < -0.3 is 5.32 Å². The lowest BCUT2D eigenvalue weighted by molar-refractivity contribution is 0.205. The summed E-state index contributed by atoms with van der Waals surface area (Å²) >= 11 is 0. The van der Waals surface area contributed by atoms with Crippen molar-refractivity contribution in [2.24, 2.45) is 5.41 Å². The molecule has 0 amide bonds. The highest BCUT2D eigenvalue weighted by molar-refractivity contribution is 4.87. The number of aromatic nitrogens is 3. The summed E-state index contributed by atoms with van der Waals surface area (Å²) in [5, 5.41) is 7.90. The molecule has 2 rings (SSSR count). The SMILES string of the molecule is CCCn1ncnc1CNC1CCC(C)(C)CC1. The summed E-state index contributed by atoms with van der Waals surface area (Å²) in [6.07, 6.45) is 7.99. The number of nitrogens with zero attached hydrogens (tertiary/aromatic N) is 3. The van der Waals surface area contributed by atoms with Gasteiger partial charge in [0.05, 0.1) is 6.54 Å². The van der Waals surface area contributed by atoms with E-state index in [9.17, 15) is 0 Å². The Bertz CT molecular complexity index is 360. The van der Waals surface area contributed by atoms with Crippen molar-refractivity contribution in [3.63, 3.8) is 0 Å². The second-order valence-electron chi connectivity index (χ2n) is 6.22. The first-order valence-electron chi connectivity index (χ1n) is 7.21. The molecule has 4 heteroatoms. The molecule has 1 N–H and O–H groups in total. The third kappa shape index (κ3) is 3.55. The van der Waals surface area contributed by atoms with Gasteiger partial charge in [0.2, 0.25) is 0 Å². The average molecular weight is 250 g/mol. The molecule has 102 valence electrons. The van der Waals surface area contributed by atoms with E-state index in [2.05, 4.69) is 36.2 Å². The van der Waals surface area contributed by atoms with Crippen molar-refractivity contribution in [3.05, 3.63) is 12.2 Å². The molecule has 0 aliphatic heterocycles. The van der Waals surface area contributed by atoms with E-state index in [0.29, 0.717) is 11.5 Å². The predicted octanol–water partition coefficient (Wildman–Crippen LogP) is 2.75. The van der Waals surface area contributed by atoms with Crippen molar-refractivity contribution >= 4 is 0 Å². The number of hydrogen-bond donors (Lipinski definition) is 1. The maximum Gasteiger partial charge on any atom is 0.140 e. The highest BCUT2D eigenvalue weighted by Crippen LogP contribution is 2.34. The van der Waals surface area contributed by atoms with E-state index in [1.54, 1.807) is 6.33 Å². The Labute approximate surface area is 110 Å². The molecule has 1 heterocycles. The van der Waals surface area contributed by atoms with Crippen LogP contribution < -0.4 is 5.32 Å². The monoisotopic (exact) mass is 250 g/mol. The highest BCUT2D eigenvalue weighted by atomic mass is 15.3. The fourth-order valence-electron chi connectivity index (χ4n) is 2.66. The molecular weight excluding hydrogens is 224 g/mol. The van der Waals surface area contributed by atoms with Crippen LogP contribution in [-0.2, 0) is 13.1 Å². The summed E-state index contributed by atoms with van der Waals surface area (Å²) in [6, 6.07) is 0.657. The molecule has 18 heavy (non-hydrogen) atoms. The lowest BCUT2D eigenvalue weighted by Crippen LogP contribution is -2.35. The van der Waals surface area contributed by atoms with Crippen LogP contribution in [0.1, 0.15) is 58.7 Å². The van der Waals surface area contributed by atoms with Crippen molar-refractivity contribution in [1.82, 2.24) is 20.1 Å². The van der Waals surface area contributed by atoms with E-state index >= 15 is 0 Å². The van der Waals surface area contributed by atoms with Gasteiger partial charge in [-0.1, -0.05) is 20.8 Å². The van der Waals surface area contributed by atoms with Crippen LogP contribution in [-0.4, -0.2) is 20.8 Å². The lowest BCUT2D eigenvalue weighted by Gasteiger charge is -2.34. The fourth-order valence-corrected chi connectivity index (χ4v) is 2.66. The Balaban J connectivity index is 1.79. The van der Waals surface area contributed by atoms with Crippen molar-refractivity contribution in [2.45, 2.75) is 72.0 Å². The Morgan fingerprint density at radius 2 is 2.11 bits per heavy atom. The fraction of sp³-hybridized carbons (Fsp3) is 0.857. The average Bonchev–Trinajstić information content (AvgIpc) is 2.76. The predicted molar refractivity (Wildman–Crippen MR) is 73.2 cm³/mol. The maximum absolute atomic E-state index is 4.34. The summed E-state index contributed by atoms with van der Waals surface area (Å²) in [5.74, 6) is 1.07. The third-order valence-corrected chi connectivity index (χ3v) is 4.02. The van der Waals surface area contributed by atoms with Gasteiger partial charge in [-0.15, -0.1) is 0 Å². The first-order chi connectivity index (χ1) is 8.61. The summed E-state index contributed by atoms with van der Waals surface area (Å²) in [5.41, 5.74) is 0.542. The smallest absolute Gasteiger partial charge is 0.140 e. The molecule has 0 unspecified atom stereocenters. The summed E-state index contributed by atoms with van der Waals surface area (Å²) < 4.78 is 2.01. The van der Waals surface area contributed by atoms with Crippen LogP contribution in [0.3, 0.4) is 0 Å². The number of aryl methyl sites for hydroxylation is 1. The zero-order valence-corrected chi connectivity index (χ0v) is 11.9. The van der Waals surface area contributed by atoms with E-state index in [-0.39, 0.29) is 0 Å². The van der Waals surface area contributed by atoms with Gasteiger partial charge in [-0.2, -0.15) is 5.10 Å². The van der Waals surface area contributed by atoms with Gasteiger partial charge in [0.1, 0.15) is 12.2 Å². The van der Waals surface area contributed by atoms with Gasteiger partial charge in [-0.25, -0.2) is 9.67 Å². The van der Waals surface area contributed by atoms with Gasteiger partial charge in [0.15, 0.2) is 0 Å². The Morgan fingerprint density at radius 3 is 2.78 bits per heavy atom. The quantitative estimate of drug-likeness (QED) is 0.873. The first kappa shape index (κ1) is 13.5. The van der Waals surface area contributed by atoms with Crippen molar-refractivity contribution < 1.29 is 0 Å². The van der Waals surface area contributed by atoms with Crippen LogP contribution in [0.2, 0.25) is 0 Å². The normalized spacial score (nSPS) is 20.2. The van der Waals surface area contributed by atoms with Crippen LogP contribution in [0.5, 0.6) is 0 Å². The summed E-state index contributed by atoms with van der Waals surface area (Å²) in [4.78, 5) is 4.34. The van der Waals surface area contributed by atoms with Gasteiger partial charge in [0.25, 0.3) is 0 Å². The van der Waals surface area contributed by atoms with Crippen molar-refractivity contribution in [3.8, 4) is 0 Å². The van der Waals surface area contributed by atoms with Crippen LogP contribution >= 0.6 is 0 Å². The van der Waals surface area contributed by atoms with Crippen molar-refractivity contribution in [2.75, 3.05) is 0 Å². The molecule has 0 spiro atoms. The molecule has 1 aromatic heterocycles. The summed E-state index contributed by atoms with van der Waals surface area (Å²) in [7, 11) is 0. The van der Waals surface area contributed by atoms with E-state index in [1.165, 1.54) is 25.7 Å². The topological polar surface area (TPSA) is 42.7 Å². The number of rotatable bonds is 5. The van der Waals surface area contributed by atoms with Crippen LogP contribution in [0, 0.1) is 5.41 Å². The highest BCUT2D eigenvalue weighted by Gasteiger charge is 2.26. The van der Waals surface area contributed by atoms with Gasteiger partial charge in [0, 0.05) is 12.6 Å².